The Morgan fingerprint density at radius 1 is 1.36 bits per heavy atom. The number of hydrogen-bond donors (Lipinski definition) is 0. The van der Waals surface area contributed by atoms with E-state index in [9.17, 15) is 0 Å². The number of halogens is 3. The molecule has 66 valence electrons. The average molecular weight is 331 g/mol. The summed E-state index contributed by atoms with van der Waals surface area (Å²) in [6, 6.07) is 0. The maximum absolute atomic E-state index is 5.97. The van der Waals surface area contributed by atoms with Crippen molar-refractivity contribution in [2.75, 3.05) is 6.61 Å². The molecule has 0 aliphatic carbocycles. The van der Waals surface area contributed by atoms with Crippen molar-refractivity contribution in [1.82, 2.24) is 0 Å². The summed E-state index contributed by atoms with van der Waals surface area (Å²) in [6.07, 6.45) is 3.18. The van der Waals surface area contributed by atoms with Gasteiger partial charge in [-0.15, -0.1) is 0 Å². The average Bonchev–Trinajstić information content (AvgIpc) is 2.06. The maximum atomic E-state index is 5.97. The molecule has 0 N–H and O–H groups in total. The normalized spacial score (nSPS) is 27.0. The van der Waals surface area contributed by atoms with Gasteiger partial charge in [0, 0.05) is 0 Å². The summed E-state index contributed by atoms with van der Waals surface area (Å²) >= 11 is 11.1. The monoisotopic (exact) mass is 332 g/mol. The fourth-order valence-electron chi connectivity index (χ4n) is 1.06. The van der Waals surface area contributed by atoms with E-state index in [0.29, 0.717) is 0 Å². The molecule has 1 unspecified atom stereocenters. The second-order valence-corrected chi connectivity index (χ2v) is 8.60. The second-order valence-electron chi connectivity index (χ2n) is 2.49. The minimum absolute atomic E-state index is 0.0283. The molecule has 1 rings (SSSR count). The van der Waals surface area contributed by atoms with E-state index < -0.39 is 22.2 Å². The van der Waals surface area contributed by atoms with Crippen LogP contribution in [0.3, 0.4) is 0 Å². The first kappa shape index (κ1) is 10.7. The molecule has 0 spiro atoms. The summed E-state index contributed by atoms with van der Waals surface area (Å²) in [5.41, 5.74) is 0. The Morgan fingerprint density at radius 2 is 2.09 bits per heavy atom. The van der Waals surface area contributed by atoms with Crippen LogP contribution in [0.15, 0.2) is 0 Å². The molecule has 0 aromatic carbocycles. The predicted molar refractivity (Wildman–Crippen MR) is 49.6 cm³/mol. The van der Waals surface area contributed by atoms with Gasteiger partial charge in [-0.25, -0.2) is 0 Å². The number of alkyl halides is 2. The van der Waals surface area contributed by atoms with Crippen LogP contribution in [0.4, 0.5) is 0 Å². The predicted octanol–water partition coefficient (Wildman–Crippen LogP) is 2.54. The van der Waals surface area contributed by atoms with E-state index in [1.165, 1.54) is 0 Å². The third kappa shape index (κ3) is 3.10. The molecule has 1 heterocycles. The van der Waals surface area contributed by atoms with Gasteiger partial charge in [0.2, 0.25) is 0 Å². The van der Waals surface area contributed by atoms with E-state index in [2.05, 4.69) is 0 Å². The van der Waals surface area contributed by atoms with Crippen LogP contribution in [-0.4, -0.2) is 34.9 Å². The van der Waals surface area contributed by atoms with Gasteiger partial charge in [0.15, 0.2) is 0 Å². The Hall–Kier alpha value is 1.62. The molecule has 11 heavy (non-hydrogen) atoms. The molecule has 1 aliphatic heterocycles. The third-order valence-electron chi connectivity index (χ3n) is 1.66. The van der Waals surface area contributed by atoms with Crippen LogP contribution in [0.2, 0.25) is 0 Å². The molecule has 1 nitrogen and oxygen atoms in total. The molecule has 0 radical (unpaired) electrons. The van der Waals surface area contributed by atoms with Gasteiger partial charge in [0.1, 0.15) is 0 Å². The van der Waals surface area contributed by atoms with Gasteiger partial charge in [-0.3, -0.25) is 0 Å². The minimum atomic E-state index is -0.851. The molecule has 1 saturated heterocycles. The molecule has 0 aromatic heterocycles. The second kappa shape index (κ2) is 4.74. The van der Waals surface area contributed by atoms with Crippen molar-refractivity contribution < 1.29 is 4.74 Å². The standard InChI is InChI=1S/C6H9Cl3OTe/c7-6(8,11-9)5-3-1-2-4-10-5/h5H,1-4H2. The van der Waals surface area contributed by atoms with Gasteiger partial charge >= 0.3 is 91.1 Å². The van der Waals surface area contributed by atoms with Gasteiger partial charge in [-0.2, -0.15) is 0 Å². The first-order chi connectivity index (χ1) is 5.17. The molecule has 5 heteroatoms. The summed E-state index contributed by atoms with van der Waals surface area (Å²) in [6.45, 7) is 0.774. The number of ether oxygens (including phenoxy) is 1. The van der Waals surface area contributed by atoms with Crippen molar-refractivity contribution in [2.45, 2.75) is 27.7 Å². The zero-order chi connectivity index (χ0) is 8.32. The van der Waals surface area contributed by atoms with E-state index in [1.54, 1.807) is 0 Å². The fourth-order valence-corrected chi connectivity index (χ4v) is 2.88. The van der Waals surface area contributed by atoms with E-state index in [4.69, 9.17) is 36.9 Å². The summed E-state index contributed by atoms with van der Waals surface area (Å²) in [5.74, 6) is 0. The summed E-state index contributed by atoms with van der Waals surface area (Å²) in [5, 5.41) is 0. The van der Waals surface area contributed by atoms with Crippen LogP contribution in [-0.2, 0) is 4.74 Å². The summed E-state index contributed by atoms with van der Waals surface area (Å²) in [7, 11) is 5.71. The van der Waals surface area contributed by atoms with Gasteiger partial charge in [-0.05, 0) is 0 Å². The van der Waals surface area contributed by atoms with E-state index in [-0.39, 0.29) is 6.10 Å². The topological polar surface area (TPSA) is 9.23 Å². The Morgan fingerprint density at radius 3 is 2.55 bits per heavy atom. The SMILES string of the molecule is Cl[Te]C(Cl)(Cl)C1CCCCO1. The van der Waals surface area contributed by atoms with Crippen molar-refractivity contribution in [3.63, 3.8) is 0 Å². The van der Waals surface area contributed by atoms with E-state index >= 15 is 0 Å². The molecule has 0 saturated carbocycles. The van der Waals surface area contributed by atoms with Crippen molar-refractivity contribution in [2.24, 2.45) is 0 Å². The molecule has 1 aliphatic rings. The molecule has 0 aromatic rings. The van der Waals surface area contributed by atoms with Gasteiger partial charge < -0.3 is 0 Å². The van der Waals surface area contributed by atoms with Crippen molar-refractivity contribution in [1.29, 1.82) is 0 Å². The first-order valence-corrected chi connectivity index (χ1v) is 8.33. The number of rotatable bonds is 2. The van der Waals surface area contributed by atoms with Crippen LogP contribution < -0.4 is 0 Å². The zero-order valence-electron chi connectivity index (χ0n) is 5.86. The van der Waals surface area contributed by atoms with Crippen LogP contribution in [0.25, 0.3) is 0 Å². The van der Waals surface area contributed by atoms with Crippen molar-refractivity contribution >= 4 is 52.0 Å². The Labute approximate surface area is 90.5 Å². The summed E-state index contributed by atoms with van der Waals surface area (Å²) in [4.78, 5) is 0. The Bertz CT molecular complexity index is 125. The number of hydrogen-bond acceptors (Lipinski definition) is 1. The molecule has 1 fully saturated rings. The van der Waals surface area contributed by atoms with Gasteiger partial charge in [-0.1, -0.05) is 0 Å². The molecule has 0 bridgehead atoms. The molecular weight excluding hydrogens is 322 g/mol. The van der Waals surface area contributed by atoms with Crippen LogP contribution >= 0.6 is 32.2 Å². The fraction of sp³-hybridized carbons (Fsp3) is 1.00. The third-order valence-corrected chi connectivity index (χ3v) is 7.21. The zero-order valence-corrected chi connectivity index (χ0v) is 10.5. The van der Waals surface area contributed by atoms with Gasteiger partial charge in [0.05, 0.1) is 0 Å². The Balaban J connectivity index is 2.43. The first-order valence-electron chi connectivity index (χ1n) is 3.46. The summed E-state index contributed by atoms with van der Waals surface area (Å²) < 4.78 is 4.65. The molecule has 1 atom stereocenters. The van der Waals surface area contributed by atoms with Crippen LogP contribution in [0.5, 0.6) is 0 Å². The quantitative estimate of drug-likeness (QED) is 0.558. The Kier molecular flexibility index (Phi) is 4.61. The van der Waals surface area contributed by atoms with Gasteiger partial charge in [0.25, 0.3) is 0 Å². The molecular formula is C6H9Cl3OTe. The van der Waals surface area contributed by atoms with Crippen LogP contribution in [0.1, 0.15) is 19.3 Å². The molecule has 0 amide bonds. The van der Waals surface area contributed by atoms with Crippen LogP contribution in [0, 0.1) is 0 Å². The van der Waals surface area contributed by atoms with Crippen molar-refractivity contribution in [3.05, 3.63) is 0 Å². The van der Waals surface area contributed by atoms with E-state index in [1.807, 2.05) is 0 Å². The van der Waals surface area contributed by atoms with E-state index in [0.717, 1.165) is 25.9 Å². The van der Waals surface area contributed by atoms with Crippen molar-refractivity contribution in [3.8, 4) is 0 Å².